The molecule has 2 atom stereocenters. The Morgan fingerprint density at radius 3 is 1.62 bits per heavy atom. The zero-order valence-electron chi connectivity index (χ0n) is 11.8. The molecular weight excluding hydrogens is 200 g/mol. The van der Waals surface area contributed by atoms with Crippen molar-refractivity contribution in [2.75, 3.05) is 0 Å². The van der Waals surface area contributed by atoms with Crippen molar-refractivity contribution >= 4 is 5.91 Å². The maximum Gasteiger partial charge on any atom is 0.240 e. The zero-order chi connectivity index (χ0) is 13.0. The monoisotopic (exact) mass is 228 g/mol. The fourth-order valence-corrected chi connectivity index (χ4v) is 1.70. The quantitative estimate of drug-likeness (QED) is 0.784. The first-order chi connectivity index (χ1) is 7.20. The van der Waals surface area contributed by atoms with Crippen LogP contribution in [-0.2, 0) is 4.79 Å². The van der Waals surface area contributed by atoms with Crippen LogP contribution in [0.2, 0.25) is 0 Å². The van der Waals surface area contributed by atoms with Crippen LogP contribution in [0.3, 0.4) is 0 Å². The lowest BCUT2D eigenvalue weighted by atomic mass is 9.98. The summed E-state index contributed by atoms with van der Waals surface area (Å²) in [6.07, 6.45) is 0. The maximum absolute atomic E-state index is 12.3. The highest BCUT2D eigenvalue weighted by Crippen LogP contribution is 2.16. The van der Waals surface area contributed by atoms with E-state index in [1.54, 1.807) is 0 Å². The van der Waals surface area contributed by atoms with Crippen LogP contribution in [0.4, 0.5) is 0 Å². The van der Waals surface area contributed by atoms with Crippen molar-refractivity contribution in [1.82, 2.24) is 4.90 Å². The van der Waals surface area contributed by atoms with Gasteiger partial charge in [-0.1, -0.05) is 27.7 Å². The van der Waals surface area contributed by atoms with Crippen LogP contribution in [0.25, 0.3) is 0 Å². The SMILES string of the molecule is CC(C)C(C)N(C(=O)[C@@H](N)C(C)C)C(C)C. The number of nitrogens with two attached hydrogens (primary N) is 1. The van der Waals surface area contributed by atoms with Crippen molar-refractivity contribution in [2.45, 2.75) is 66.6 Å². The Morgan fingerprint density at radius 1 is 0.938 bits per heavy atom. The second-order valence-electron chi connectivity index (χ2n) is 5.59. The van der Waals surface area contributed by atoms with Gasteiger partial charge in [-0.25, -0.2) is 0 Å². The third-order valence-corrected chi connectivity index (χ3v) is 3.22. The first kappa shape index (κ1) is 15.4. The molecule has 0 rings (SSSR count). The van der Waals surface area contributed by atoms with Crippen LogP contribution in [0.1, 0.15) is 48.5 Å². The molecule has 0 fully saturated rings. The number of carbonyl (C=O) groups is 1. The summed E-state index contributed by atoms with van der Waals surface area (Å²) in [4.78, 5) is 14.2. The second kappa shape index (κ2) is 6.24. The fourth-order valence-electron chi connectivity index (χ4n) is 1.70. The topological polar surface area (TPSA) is 46.3 Å². The van der Waals surface area contributed by atoms with Crippen LogP contribution in [0.15, 0.2) is 0 Å². The lowest BCUT2D eigenvalue weighted by molar-refractivity contribution is -0.138. The Balaban J connectivity index is 4.86. The standard InChI is InChI=1S/C13H28N2O/c1-8(2)11(7)15(10(5)6)13(16)12(14)9(3)4/h8-12H,14H2,1-7H3/t11?,12-/m0/s1. The van der Waals surface area contributed by atoms with Gasteiger partial charge in [0.2, 0.25) is 5.91 Å². The molecule has 1 amide bonds. The minimum Gasteiger partial charge on any atom is -0.336 e. The summed E-state index contributed by atoms with van der Waals surface area (Å²) in [6.45, 7) is 14.4. The molecule has 0 saturated heterocycles. The molecule has 0 aromatic rings. The second-order valence-corrected chi connectivity index (χ2v) is 5.59. The lowest BCUT2D eigenvalue weighted by Crippen LogP contribution is -2.53. The van der Waals surface area contributed by atoms with Crippen molar-refractivity contribution in [2.24, 2.45) is 17.6 Å². The van der Waals surface area contributed by atoms with Crippen LogP contribution in [0, 0.1) is 11.8 Å². The van der Waals surface area contributed by atoms with Gasteiger partial charge < -0.3 is 10.6 Å². The smallest absolute Gasteiger partial charge is 0.240 e. The first-order valence-electron chi connectivity index (χ1n) is 6.27. The van der Waals surface area contributed by atoms with Gasteiger partial charge in [-0.15, -0.1) is 0 Å². The average Bonchev–Trinajstić information content (AvgIpc) is 2.15. The van der Waals surface area contributed by atoms with Gasteiger partial charge in [-0.3, -0.25) is 4.79 Å². The van der Waals surface area contributed by atoms with Gasteiger partial charge in [0.05, 0.1) is 6.04 Å². The summed E-state index contributed by atoms with van der Waals surface area (Å²) in [6, 6.07) is 0.0515. The Morgan fingerprint density at radius 2 is 1.38 bits per heavy atom. The first-order valence-corrected chi connectivity index (χ1v) is 6.27. The Hall–Kier alpha value is -0.570. The summed E-state index contributed by atoms with van der Waals surface area (Å²) in [5.74, 6) is 0.713. The molecule has 0 bridgehead atoms. The highest BCUT2D eigenvalue weighted by atomic mass is 16.2. The highest BCUT2D eigenvalue weighted by molar-refractivity contribution is 5.82. The van der Waals surface area contributed by atoms with E-state index >= 15 is 0 Å². The third-order valence-electron chi connectivity index (χ3n) is 3.22. The summed E-state index contributed by atoms with van der Waals surface area (Å²) in [5, 5.41) is 0. The number of carbonyl (C=O) groups excluding carboxylic acids is 1. The van der Waals surface area contributed by atoms with E-state index in [1.165, 1.54) is 0 Å². The van der Waals surface area contributed by atoms with Gasteiger partial charge in [-0.2, -0.15) is 0 Å². The minimum atomic E-state index is -0.386. The molecule has 96 valence electrons. The normalized spacial score (nSPS) is 15.7. The molecule has 3 heteroatoms. The van der Waals surface area contributed by atoms with E-state index in [9.17, 15) is 4.79 Å². The third kappa shape index (κ3) is 3.78. The highest BCUT2D eigenvalue weighted by Gasteiger charge is 2.30. The van der Waals surface area contributed by atoms with Crippen molar-refractivity contribution in [1.29, 1.82) is 0 Å². The van der Waals surface area contributed by atoms with E-state index in [2.05, 4.69) is 20.8 Å². The molecule has 0 saturated carbocycles. The molecule has 2 N–H and O–H groups in total. The largest absolute Gasteiger partial charge is 0.336 e. The van der Waals surface area contributed by atoms with Crippen molar-refractivity contribution < 1.29 is 4.79 Å². The Bertz CT molecular complexity index is 224. The van der Waals surface area contributed by atoms with Crippen LogP contribution in [0.5, 0.6) is 0 Å². The van der Waals surface area contributed by atoms with E-state index < -0.39 is 0 Å². The fraction of sp³-hybridized carbons (Fsp3) is 0.923. The predicted octanol–water partition coefficient (Wildman–Crippen LogP) is 2.25. The number of amides is 1. The van der Waals surface area contributed by atoms with Crippen LogP contribution in [-0.4, -0.2) is 28.9 Å². The van der Waals surface area contributed by atoms with Gasteiger partial charge >= 0.3 is 0 Å². The molecule has 16 heavy (non-hydrogen) atoms. The van der Waals surface area contributed by atoms with Crippen molar-refractivity contribution in [3.8, 4) is 0 Å². The summed E-state index contributed by atoms with van der Waals surface area (Å²) in [5.41, 5.74) is 5.95. The maximum atomic E-state index is 12.3. The van der Waals surface area contributed by atoms with Gasteiger partial charge in [-0.05, 0) is 32.6 Å². The lowest BCUT2D eigenvalue weighted by Gasteiger charge is -2.37. The molecule has 0 heterocycles. The van der Waals surface area contributed by atoms with E-state index in [0.29, 0.717) is 5.92 Å². The van der Waals surface area contributed by atoms with Crippen LogP contribution < -0.4 is 5.73 Å². The molecule has 1 unspecified atom stereocenters. The number of nitrogens with zero attached hydrogens (tertiary/aromatic N) is 1. The van der Waals surface area contributed by atoms with Crippen molar-refractivity contribution in [3.05, 3.63) is 0 Å². The molecule has 0 radical (unpaired) electrons. The number of rotatable bonds is 5. The number of hydrogen-bond donors (Lipinski definition) is 1. The molecule has 0 aliphatic carbocycles. The van der Waals surface area contributed by atoms with Crippen LogP contribution >= 0.6 is 0 Å². The molecule has 0 aromatic heterocycles. The van der Waals surface area contributed by atoms with Crippen molar-refractivity contribution in [3.63, 3.8) is 0 Å². The van der Waals surface area contributed by atoms with Gasteiger partial charge in [0.1, 0.15) is 0 Å². The molecule has 0 aliphatic rings. The predicted molar refractivity (Wildman–Crippen MR) is 69.1 cm³/mol. The zero-order valence-corrected chi connectivity index (χ0v) is 11.8. The molecule has 3 nitrogen and oxygen atoms in total. The van der Waals surface area contributed by atoms with E-state index in [1.807, 2.05) is 32.6 Å². The van der Waals surface area contributed by atoms with E-state index in [4.69, 9.17) is 5.73 Å². The van der Waals surface area contributed by atoms with E-state index in [-0.39, 0.29) is 30.0 Å². The molecular formula is C13H28N2O. The Labute approximate surface area is 100 Å². The van der Waals surface area contributed by atoms with E-state index in [0.717, 1.165) is 0 Å². The average molecular weight is 228 g/mol. The van der Waals surface area contributed by atoms with Gasteiger partial charge in [0, 0.05) is 12.1 Å². The molecule has 0 spiro atoms. The molecule has 0 aromatic carbocycles. The Kier molecular flexibility index (Phi) is 6.01. The minimum absolute atomic E-state index is 0.0752. The van der Waals surface area contributed by atoms with Gasteiger partial charge in [0.25, 0.3) is 0 Å². The molecule has 0 aliphatic heterocycles. The number of hydrogen-bond acceptors (Lipinski definition) is 2. The summed E-state index contributed by atoms with van der Waals surface area (Å²) in [7, 11) is 0. The van der Waals surface area contributed by atoms with Gasteiger partial charge in [0.15, 0.2) is 0 Å². The summed E-state index contributed by atoms with van der Waals surface area (Å²) < 4.78 is 0. The summed E-state index contributed by atoms with van der Waals surface area (Å²) >= 11 is 0.